The molecule has 2 unspecified atom stereocenters. The number of hydrogen-bond donors (Lipinski definition) is 1. The van der Waals surface area contributed by atoms with E-state index >= 15 is 0 Å². The second-order valence-electron chi connectivity index (χ2n) is 5.54. The van der Waals surface area contributed by atoms with Crippen LogP contribution in [0.4, 0.5) is 8.78 Å². The highest BCUT2D eigenvalue weighted by Crippen LogP contribution is 2.54. The minimum absolute atomic E-state index is 0.0476. The summed E-state index contributed by atoms with van der Waals surface area (Å²) in [5.41, 5.74) is 2.30. The number of hydrogen-bond acceptors (Lipinski definition) is 2. The third-order valence-electron chi connectivity index (χ3n) is 4.02. The first-order valence-corrected chi connectivity index (χ1v) is 6.46. The smallest absolute Gasteiger partial charge is 0.401 e. The van der Waals surface area contributed by atoms with Crippen LogP contribution in [0.2, 0.25) is 0 Å². The molecule has 2 aliphatic rings. The molecule has 102 valence electrons. The Kier molecular flexibility index (Phi) is 2.59. The van der Waals surface area contributed by atoms with Crippen molar-refractivity contribution in [3.05, 3.63) is 34.9 Å². The fraction of sp³-hybridized carbons (Fsp3) is 0.467. The molecule has 1 aliphatic carbocycles. The van der Waals surface area contributed by atoms with Gasteiger partial charge in [0.15, 0.2) is 0 Å². The van der Waals surface area contributed by atoms with Gasteiger partial charge in [-0.15, -0.1) is 0 Å². The molecule has 1 heterocycles. The highest BCUT2D eigenvalue weighted by atomic mass is 19.3. The van der Waals surface area contributed by atoms with Gasteiger partial charge in [-0.25, -0.2) is 0 Å². The predicted molar refractivity (Wildman–Crippen MR) is 67.6 cm³/mol. The highest BCUT2D eigenvalue weighted by molar-refractivity contribution is 5.53. The van der Waals surface area contributed by atoms with Crippen molar-refractivity contribution >= 4 is 0 Å². The fourth-order valence-electron chi connectivity index (χ4n) is 3.12. The Morgan fingerprint density at radius 1 is 1.32 bits per heavy atom. The number of allylic oxidation sites excluding steroid dienone is 2. The predicted octanol–water partition coefficient (Wildman–Crippen LogP) is 4.13. The molecule has 1 N–H and O–H groups in total. The summed E-state index contributed by atoms with van der Waals surface area (Å²) in [5.74, 6) is -1.20. The fourth-order valence-corrected chi connectivity index (χ4v) is 3.12. The maximum absolute atomic E-state index is 14.1. The van der Waals surface area contributed by atoms with E-state index in [1.165, 1.54) is 0 Å². The first-order chi connectivity index (χ1) is 8.88. The van der Waals surface area contributed by atoms with E-state index in [9.17, 15) is 13.9 Å². The molecule has 1 aliphatic heterocycles. The van der Waals surface area contributed by atoms with Gasteiger partial charge in [-0.05, 0) is 44.4 Å². The van der Waals surface area contributed by atoms with E-state index in [2.05, 4.69) is 0 Å². The van der Waals surface area contributed by atoms with Crippen LogP contribution in [-0.2, 0) is 0 Å². The molecular weight excluding hydrogens is 250 g/mol. The Labute approximate surface area is 110 Å². The first kappa shape index (κ1) is 12.5. The molecule has 3 rings (SSSR count). The number of rotatable bonds is 0. The van der Waals surface area contributed by atoms with E-state index in [0.29, 0.717) is 24.0 Å². The number of benzene rings is 1. The number of ether oxygens (including phenoxy) is 1. The maximum atomic E-state index is 14.1. The zero-order valence-electron chi connectivity index (χ0n) is 10.9. The lowest BCUT2D eigenvalue weighted by Crippen LogP contribution is -2.43. The van der Waals surface area contributed by atoms with Crippen molar-refractivity contribution in [2.24, 2.45) is 5.92 Å². The molecule has 0 bridgehead atoms. The topological polar surface area (TPSA) is 29.5 Å². The molecule has 0 radical (unpaired) electrons. The summed E-state index contributed by atoms with van der Waals surface area (Å²) >= 11 is 0. The van der Waals surface area contributed by atoms with Crippen molar-refractivity contribution < 1.29 is 18.6 Å². The van der Waals surface area contributed by atoms with Gasteiger partial charge in [0.1, 0.15) is 11.5 Å². The van der Waals surface area contributed by atoms with Crippen molar-refractivity contribution in [2.75, 3.05) is 0 Å². The van der Waals surface area contributed by atoms with Crippen molar-refractivity contribution in [3.63, 3.8) is 0 Å². The van der Waals surface area contributed by atoms with Gasteiger partial charge in [0.2, 0.25) is 0 Å². The molecule has 19 heavy (non-hydrogen) atoms. The zero-order chi connectivity index (χ0) is 13.8. The molecule has 1 aromatic carbocycles. The highest BCUT2D eigenvalue weighted by Gasteiger charge is 2.52. The maximum Gasteiger partial charge on any atom is 0.401 e. The normalized spacial score (nSPS) is 27.9. The summed E-state index contributed by atoms with van der Waals surface area (Å²) in [4.78, 5) is 0. The molecule has 0 fully saturated rings. The van der Waals surface area contributed by atoms with Crippen molar-refractivity contribution in [1.29, 1.82) is 0 Å². The Hall–Kier alpha value is -1.58. The molecule has 0 aromatic heterocycles. The number of halogens is 2. The summed E-state index contributed by atoms with van der Waals surface area (Å²) in [6.45, 7) is 3.68. The van der Waals surface area contributed by atoms with Crippen LogP contribution < -0.4 is 4.74 Å². The van der Waals surface area contributed by atoms with E-state index in [-0.39, 0.29) is 11.5 Å². The molecular formula is C15H16F2O2. The lowest BCUT2D eigenvalue weighted by atomic mass is 9.74. The van der Waals surface area contributed by atoms with E-state index in [4.69, 9.17) is 4.74 Å². The molecule has 2 nitrogen and oxygen atoms in total. The molecule has 4 heteroatoms. The van der Waals surface area contributed by atoms with Gasteiger partial charge >= 0.3 is 6.11 Å². The summed E-state index contributed by atoms with van der Waals surface area (Å²) in [5, 5.41) is 10.1. The third kappa shape index (κ3) is 1.90. The monoisotopic (exact) mass is 266 g/mol. The van der Waals surface area contributed by atoms with Crippen LogP contribution in [0.1, 0.15) is 36.8 Å². The van der Waals surface area contributed by atoms with Crippen LogP contribution >= 0.6 is 0 Å². The minimum atomic E-state index is -3.17. The average Bonchev–Trinajstić information content (AvgIpc) is 2.25. The number of phenols is 1. The van der Waals surface area contributed by atoms with Crippen molar-refractivity contribution in [3.8, 4) is 11.5 Å². The van der Waals surface area contributed by atoms with Crippen LogP contribution in [-0.4, -0.2) is 11.2 Å². The standard InChI is InChI=1S/C15H16F2O2/c1-8-3-4-11-10(5-8)14-12(18)6-9(2)7-13(14)19-15(11,16)17/h5-7,10-11,18H,3-4H2,1-2H3. The number of phenolic OH excluding ortho intramolecular Hbond substituents is 1. The minimum Gasteiger partial charge on any atom is -0.507 e. The molecule has 2 atom stereocenters. The number of alkyl halides is 2. The van der Waals surface area contributed by atoms with Crippen LogP contribution in [0.15, 0.2) is 23.8 Å². The zero-order valence-corrected chi connectivity index (χ0v) is 10.9. The second kappa shape index (κ2) is 3.95. The van der Waals surface area contributed by atoms with Gasteiger partial charge in [-0.2, -0.15) is 8.78 Å². The number of aryl methyl sites for hydroxylation is 1. The summed E-state index contributed by atoms with van der Waals surface area (Å²) in [6.07, 6.45) is -0.289. The summed E-state index contributed by atoms with van der Waals surface area (Å²) in [6, 6.07) is 3.16. The van der Waals surface area contributed by atoms with Gasteiger partial charge in [0.05, 0.1) is 5.92 Å². The Balaban J connectivity index is 2.21. The van der Waals surface area contributed by atoms with Gasteiger partial charge in [0, 0.05) is 11.5 Å². The number of fused-ring (bicyclic) bond motifs is 3. The molecule has 1 aromatic rings. The lowest BCUT2D eigenvalue weighted by Gasteiger charge is -2.40. The second-order valence-corrected chi connectivity index (χ2v) is 5.54. The SMILES string of the molecule is CC1=CC2c3c(O)cc(C)cc3OC(F)(F)C2CC1. The summed E-state index contributed by atoms with van der Waals surface area (Å²) in [7, 11) is 0. The summed E-state index contributed by atoms with van der Waals surface area (Å²) < 4.78 is 33.0. The van der Waals surface area contributed by atoms with Crippen LogP contribution in [0.3, 0.4) is 0 Å². The van der Waals surface area contributed by atoms with Gasteiger partial charge in [-0.3, -0.25) is 0 Å². The van der Waals surface area contributed by atoms with E-state index in [1.807, 2.05) is 13.0 Å². The van der Waals surface area contributed by atoms with E-state index < -0.39 is 17.9 Å². The Morgan fingerprint density at radius 3 is 2.79 bits per heavy atom. The van der Waals surface area contributed by atoms with Gasteiger partial charge in [0.25, 0.3) is 0 Å². The molecule has 0 spiro atoms. The van der Waals surface area contributed by atoms with E-state index in [1.54, 1.807) is 19.1 Å². The van der Waals surface area contributed by atoms with Crippen LogP contribution in [0, 0.1) is 12.8 Å². The first-order valence-electron chi connectivity index (χ1n) is 6.46. The van der Waals surface area contributed by atoms with Gasteiger partial charge < -0.3 is 9.84 Å². The Bertz CT molecular complexity index is 564. The number of aromatic hydroxyl groups is 1. The van der Waals surface area contributed by atoms with Crippen molar-refractivity contribution in [2.45, 2.75) is 38.7 Å². The average molecular weight is 266 g/mol. The Morgan fingerprint density at radius 2 is 2.05 bits per heavy atom. The molecule has 0 saturated heterocycles. The van der Waals surface area contributed by atoms with Crippen molar-refractivity contribution in [1.82, 2.24) is 0 Å². The van der Waals surface area contributed by atoms with Gasteiger partial charge in [-0.1, -0.05) is 11.6 Å². The lowest BCUT2D eigenvalue weighted by molar-refractivity contribution is -0.229. The van der Waals surface area contributed by atoms with Crippen LogP contribution in [0.25, 0.3) is 0 Å². The largest absolute Gasteiger partial charge is 0.507 e. The molecule has 0 saturated carbocycles. The molecule has 0 amide bonds. The van der Waals surface area contributed by atoms with E-state index in [0.717, 1.165) is 5.57 Å². The quantitative estimate of drug-likeness (QED) is 0.715. The van der Waals surface area contributed by atoms with Crippen LogP contribution in [0.5, 0.6) is 11.5 Å². The third-order valence-corrected chi connectivity index (χ3v) is 4.02.